The Labute approximate surface area is 113 Å². The Morgan fingerprint density at radius 3 is 2.84 bits per heavy atom. The molecular weight excluding hydrogens is 262 g/mol. The van der Waals surface area contributed by atoms with Gasteiger partial charge in [-0.2, -0.15) is 0 Å². The lowest BCUT2D eigenvalue weighted by molar-refractivity contribution is -0.136. The van der Waals surface area contributed by atoms with Gasteiger partial charge in [-0.25, -0.2) is 9.50 Å². The van der Waals surface area contributed by atoms with E-state index in [0.29, 0.717) is 17.9 Å². The van der Waals surface area contributed by atoms with Gasteiger partial charge in [0.25, 0.3) is 0 Å². The second-order valence-corrected chi connectivity index (χ2v) is 5.02. The summed E-state index contributed by atoms with van der Waals surface area (Å²) >= 11 is 1.41. The predicted octanol–water partition coefficient (Wildman–Crippen LogP) is 2.01. The number of aliphatic carboxylic acids is 1. The minimum Gasteiger partial charge on any atom is -0.481 e. The van der Waals surface area contributed by atoms with Gasteiger partial charge < -0.3 is 5.11 Å². The van der Waals surface area contributed by atoms with Gasteiger partial charge in [0.2, 0.25) is 4.96 Å². The molecule has 3 aromatic rings. The highest BCUT2D eigenvalue weighted by Crippen LogP contribution is 2.16. The lowest BCUT2D eigenvalue weighted by Gasteiger charge is -1.95. The maximum atomic E-state index is 10.8. The second kappa shape index (κ2) is 4.81. The van der Waals surface area contributed by atoms with Crippen LogP contribution in [0.2, 0.25) is 0 Å². The van der Waals surface area contributed by atoms with Crippen molar-refractivity contribution in [3.05, 3.63) is 52.8 Å². The van der Waals surface area contributed by atoms with Gasteiger partial charge in [-0.15, -0.1) is 16.4 Å². The molecule has 1 N–H and O–H groups in total. The first-order valence-electron chi connectivity index (χ1n) is 5.80. The number of carboxylic acid groups (broad SMARTS) is 1. The van der Waals surface area contributed by atoms with Crippen LogP contribution in [-0.4, -0.2) is 25.7 Å². The molecule has 6 heteroatoms. The van der Waals surface area contributed by atoms with E-state index in [1.807, 2.05) is 30.3 Å². The summed E-state index contributed by atoms with van der Waals surface area (Å²) in [5.74, 6) is -0.149. The first kappa shape index (κ1) is 11.9. The normalized spacial score (nSPS) is 10.9. The summed E-state index contributed by atoms with van der Waals surface area (Å²) in [6.45, 7) is 0. The van der Waals surface area contributed by atoms with Crippen LogP contribution in [0, 0.1) is 0 Å². The largest absolute Gasteiger partial charge is 0.481 e. The highest BCUT2D eigenvalue weighted by molar-refractivity contribution is 7.15. The minimum atomic E-state index is -0.861. The Morgan fingerprint density at radius 1 is 1.32 bits per heavy atom. The molecule has 1 aromatic carbocycles. The fourth-order valence-electron chi connectivity index (χ4n) is 1.90. The van der Waals surface area contributed by atoms with Crippen molar-refractivity contribution in [2.24, 2.45) is 0 Å². The average molecular weight is 273 g/mol. The van der Waals surface area contributed by atoms with Crippen LogP contribution in [-0.2, 0) is 17.6 Å². The molecule has 0 amide bonds. The lowest BCUT2D eigenvalue weighted by Crippen LogP contribution is -2.04. The van der Waals surface area contributed by atoms with Crippen molar-refractivity contribution in [2.75, 3.05) is 0 Å². The van der Waals surface area contributed by atoms with Gasteiger partial charge in [0, 0.05) is 11.8 Å². The Kier molecular flexibility index (Phi) is 3.00. The summed E-state index contributed by atoms with van der Waals surface area (Å²) in [5, 5.41) is 15.0. The summed E-state index contributed by atoms with van der Waals surface area (Å²) in [7, 11) is 0. The van der Waals surface area contributed by atoms with Crippen LogP contribution in [0.1, 0.15) is 17.1 Å². The molecule has 0 saturated heterocycles. The molecule has 0 fully saturated rings. The molecule has 19 heavy (non-hydrogen) atoms. The van der Waals surface area contributed by atoms with Crippen molar-refractivity contribution in [1.82, 2.24) is 14.6 Å². The van der Waals surface area contributed by atoms with E-state index in [1.165, 1.54) is 11.3 Å². The zero-order chi connectivity index (χ0) is 13.2. The van der Waals surface area contributed by atoms with E-state index in [1.54, 1.807) is 9.90 Å². The van der Waals surface area contributed by atoms with Crippen LogP contribution in [0.25, 0.3) is 4.96 Å². The number of nitrogens with zero attached hydrogens (tertiary/aromatic N) is 3. The number of benzene rings is 1. The van der Waals surface area contributed by atoms with E-state index in [2.05, 4.69) is 10.1 Å². The average Bonchev–Trinajstić information content (AvgIpc) is 2.92. The molecule has 2 heterocycles. The second-order valence-electron chi connectivity index (χ2n) is 4.18. The molecule has 5 nitrogen and oxygen atoms in total. The summed E-state index contributed by atoms with van der Waals surface area (Å²) < 4.78 is 1.62. The Bertz CT molecular complexity index is 718. The van der Waals surface area contributed by atoms with Crippen molar-refractivity contribution in [1.29, 1.82) is 0 Å². The van der Waals surface area contributed by atoms with E-state index in [-0.39, 0.29) is 6.42 Å². The monoisotopic (exact) mass is 273 g/mol. The van der Waals surface area contributed by atoms with Gasteiger partial charge in [-0.05, 0) is 5.56 Å². The third-order valence-corrected chi connectivity index (χ3v) is 3.60. The predicted molar refractivity (Wildman–Crippen MR) is 71.5 cm³/mol. The zero-order valence-corrected chi connectivity index (χ0v) is 10.8. The first-order valence-corrected chi connectivity index (χ1v) is 6.68. The number of carboxylic acids is 1. The first-order chi connectivity index (χ1) is 9.22. The number of carbonyl (C=O) groups is 1. The molecular formula is C13H11N3O2S. The molecule has 0 unspecified atom stereocenters. The smallest absolute Gasteiger partial charge is 0.309 e. The topological polar surface area (TPSA) is 67.5 Å². The minimum absolute atomic E-state index is 0.0336. The van der Waals surface area contributed by atoms with Crippen LogP contribution >= 0.6 is 11.3 Å². The number of hydrogen-bond acceptors (Lipinski definition) is 4. The lowest BCUT2D eigenvalue weighted by atomic mass is 10.1. The van der Waals surface area contributed by atoms with E-state index in [9.17, 15) is 4.79 Å². The summed E-state index contributed by atoms with van der Waals surface area (Å²) in [6.07, 6.45) is 0.621. The van der Waals surface area contributed by atoms with E-state index >= 15 is 0 Å². The molecule has 0 bridgehead atoms. The number of rotatable bonds is 4. The van der Waals surface area contributed by atoms with Crippen LogP contribution in [0.5, 0.6) is 0 Å². The fourth-order valence-corrected chi connectivity index (χ4v) is 2.74. The van der Waals surface area contributed by atoms with Crippen molar-refractivity contribution in [3.8, 4) is 0 Å². The molecule has 0 spiro atoms. The van der Waals surface area contributed by atoms with Crippen molar-refractivity contribution in [2.45, 2.75) is 12.8 Å². The van der Waals surface area contributed by atoms with Crippen LogP contribution in [0.3, 0.4) is 0 Å². The van der Waals surface area contributed by atoms with E-state index in [0.717, 1.165) is 10.5 Å². The number of fused-ring (bicyclic) bond motifs is 1. The Morgan fingerprint density at radius 2 is 2.11 bits per heavy atom. The maximum Gasteiger partial charge on any atom is 0.309 e. The molecule has 0 saturated carbocycles. The van der Waals surface area contributed by atoms with Gasteiger partial charge in [0.05, 0.1) is 12.1 Å². The Balaban J connectivity index is 1.90. The van der Waals surface area contributed by atoms with Crippen molar-refractivity contribution < 1.29 is 9.90 Å². The Hall–Kier alpha value is -2.21. The van der Waals surface area contributed by atoms with Crippen LogP contribution < -0.4 is 0 Å². The van der Waals surface area contributed by atoms with Gasteiger partial charge in [0.1, 0.15) is 0 Å². The van der Waals surface area contributed by atoms with Gasteiger partial charge in [-0.1, -0.05) is 30.3 Å². The van der Waals surface area contributed by atoms with Crippen molar-refractivity contribution >= 4 is 22.3 Å². The zero-order valence-electron chi connectivity index (χ0n) is 9.98. The molecule has 0 aliphatic heterocycles. The number of hydrogen-bond donors (Lipinski definition) is 1. The van der Waals surface area contributed by atoms with Gasteiger partial charge in [0.15, 0.2) is 5.82 Å². The number of thiazole rings is 1. The van der Waals surface area contributed by atoms with Crippen molar-refractivity contribution in [3.63, 3.8) is 0 Å². The quantitative estimate of drug-likeness (QED) is 0.789. The fraction of sp³-hybridized carbons (Fsp3) is 0.154. The van der Waals surface area contributed by atoms with Gasteiger partial charge >= 0.3 is 5.97 Å². The molecule has 0 aliphatic carbocycles. The van der Waals surface area contributed by atoms with Crippen LogP contribution in [0.4, 0.5) is 0 Å². The summed E-state index contributed by atoms with van der Waals surface area (Å²) in [6, 6.07) is 9.96. The third-order valence-electron chi connectivity index (χ3n) is 2.73. The molecule has 0 atom stereocenters. The molecule has 96 valence electrons. The SMILES string of the molecule is O=C(O)Cc1csc2nc(Cc3ccccc3)nn12. The third kappa shape index (κ3) is 2.48. The summed E-state index contributed by atoms with van der Waals surface area (Å²) in [5.41, 5.74) is 1.81. The standard InChI is InChI=1S/C13H11N3O2S/c17-12(18)7-10-8-19-13-14-11(15-16(10)13)6-9-4-2-1-3-5-9/h1-5,8H,6-7H2,(H,17,18). The molecule has 0 aliphatic rings. The highest BCUT2D eigenvalue weighted by atomic mass is 32.1. The summed E-state index contributed by atoms with van der Waals surface area (Å²) in [4.78, 5) is 15.9. The number of aromatic nitrogens is 3. The van der Waals surface area contributed by atoms with Crippen LogP contribution in [0.15, 0.2) is 35.7 Å². The highest BCUT2D eigenvalue weighted by Gasteiger charge is 2.12. The van der Waals surface area contributed by atoms with E-state index in [4.69, 9.17) is 5.11 Å². The molecule has 2 aromatic heterocycles. The molecule has 3 rings (SSSR count). The van der Waals surface area contributed by atoms with Gasteiger partial charge in [-0.3, -0.25) is 4.79 Å². The van der Waals surface area contributed by atoms with E-state index < -0.39 is 5.97 Å². The maximum absolute atomic E-state index is 10.8. The molecule has 0 radical (unpaired) electrons.